The minimum Gasteiger partial charge on any atom is -0.383 e. The van der Waals surface area contributed by atoms with Gasteiger partial charge in [0.1, 0.15) is 0 Å². The molecular formula is C11H15Cl2NO. The van der Waals surface area contributed by atoms with E-state index in [1.165, 1.54) is 0 Å². The maximum atomic E-state index is 5.93. The van der Waals surface area contributed by atoms with Gasteiger partial charge < -0.3 is 10.1 Å². The zero-order valence-corrected chi connectivity index (χ0v) is 10.4. The third kappa shape index (κ3) is 3.99. The maximum absolute atomic E-state index is 5.93. The van der Waals surface area contributed by atoms with Gasteiger partial charge in [0.15, 0.2) is 0 Å². The average molecular weight is 248 g/mol. The Hall–Kier alpha value is -0.280. The van der Waals surface area contributed by atoms with Crippen LogP contribution in [0.25, 0.3) is 0 Å². The Bertz CT molecular complexity index is 317. The fraction of sp³-hybridized carbons (Fsp3) is 0.455. The van der Waals surface area contributed by atoms with Crippen molar-refractivity contribution >= 4 is 23.2 Å². The molecular weight excluding hydrogens is 233 g/mol. The summed E-state index contributed by atoms with van der Waals surface area (Å²) in [5, 5.41) is 4.37. The van der Waals surface area contributed by atoms with Gasteiger partial charge in [0.25, 0.3) is 0 Å². The summed E-state index contributed by atoms with van der Waals surface area (Å²) in [4.78, 5) is 0. The maximum Gasteiger partial charge on any atom is 0.0618 e. The number of hydrogen-bond donors (Lipinski definition) is 1. The Morgan fingerprint density at radius 1 is 1.33 bits per heavy atom. The van der Waals surface area contributed by atoms with Crippen molar-refractivity contribution in [2.45, 2.75) is 12.5 Å². The van der Waals surface area contributed by atoms with Crippen LogP contribution in [-0.2, 0) is 11.2 Å². The summed E-state index contributed by atoms with van der Waals surface area (Å²) in [6, 6.07) is 5.99. The summed E-state index contributed by atoms with van der Waals surface area (Å²) in [5.41, 5.74) is 1.15. The molecule has 0 spiro atoms. The quantitative estimate of drug-likeness (QED) is 0.865. The molecule has 1 rings (SSSR count). The van der Waals surface area contributed by atoms with Crippen LogP contribution < -0.4 is 5.32 Å². The summed E-state index contributed by atoms with van der Waals surface area (Å²) in [7, 11) is 3.61. The molecule has 2 nitrogen and oxygen atoms in total. The molecule has 0 aliphatic heterocycles. The molecule has 0 saturated heterocycles. The second-order valence-electron chi connectivity index (χ2n) is 3.39. The Morgan fingerprint density at radius 3 is 2.60 bits per heavy atom. The summed E-state index contributed by atoms with van der Waals surface area (Å²) >= 11 is 11.8. The smallest absolute Gasteiger partial charge is 0.0618 e. The van der Waals surface area contributed by atoms with Gasteiger partial charge in [-0.15, -0.1) is 0 Å². The molecule has 0 saturated carbocycles. The average Bonchev–Trinajstić information content (AvgIpc) is 2.23. The van der Waals surface area contributed by atoms with Crippen molar-refractivity contribution < 1.29 is 4.74 Å². The van der Waals surface area contributed by atoms with Gasteiger partial charge in [-0.05, 0) is 31.2 Å². The molecule has 15 heavy (non-hydrogen) atoms. The predicted octanol–water partition coefficient (Wildman–Crippen LogP) is 2.77. The Labute approximate surface area is 101 Å². The lowest BCUT2D eigenvalue weighted by atomic mass is 10.1. The summed E-state index contributed by atoms with van der Waals surface area (Å²) in [6.45, 7) is 0.677. The minimum absolute atomic E-state index is 0.298. The van der Waals surface area contributed by atoms with Gasteiger partial charge in [-0.2, -0.15) is 0 Å². The molecule has 0 aliphatic carbocycles. The van der Waals surface area contributed by atoms with E-state index in [0.29, 0.717) is 22.7 Å². The van der Waals surface area contributed by atoms with Crippen molar-refractivity contribution in [3.8, 4) is 0 Å². The van der Waals surface area contributed by atoms with Crippen LogP contribution in [0.1, 0.15) is 5.56 Å². The van der Waals surface area contributed by atoms with Crippen LogP contribution >= 0.6 is 23.2 Å². The molecule has 0 amide bonds. The van der Waals surface area contributed by atoms with Crippen LogP contribution in [0.15, 0.2) is 18.2 Å². The number of likely N-dealkylation sites (N-methyl/N-ethyl adjacent to an activating group) is 1. The number of rotatable bonds is 5. The summed E-state index contributed by atoms with van der Waals surface area (Å²) in [5.74, 6) is 0. The fourth-order valence-corrected chi connectivity index (χ4v) is 1.72. The monoisotopic (exact) mass is 247 g/mol. The minimum atomic E-state index is 0.298. The largest absolute Gasteiger partial charge is 0.383 e. The number of nitrogens with one attached hydrogen (secondary N) is 1. The second kappa shape index (κ2) is 6.33. The highest BCUT2D eigenvalue weighted by Crippen LogP contribution is 2.23. The lowest BCUT2D eigenvalue weighted by molar-refractivity contribution is 0.169. The van der Waals surface area contributed by atoms with Crippen LogP contribution in [-0.4, -0.2) is 26.8 Å². The van der Waals surface area contributed by atoms with Crippen LogP contribution in [0.2, 0.25) is 10.0 Å². The Morgan fingerprint density at radius 2 is 2.07 bits per heavy atom. The highest BCUT2D eigenvalue weighted by atomic mass is 35.5. The highest BCUT2D eigenvalue weighted by Gasteiger charge is 2.07. The van der Waals surface area contributed by atoms with Crippen LogP contribution in [0, 0.1) is 0 Å². The first kappa shape index (κ1) is 12.8. The van der Waals surface area contributed by atoms with E-state index in [1.807, 2.05) is 25.2 Å². The van der Waals surface area contributed by atoms with Gasteiger partial charge in [-0.3, -0.25) is 0 Å². The first-order valence-corrected chi connectivity index (χ1v) is 5.53. The standard InChI is InChI=1S/C11H15Cl2NO/c1-14-9(7-15-2)5-8-3-4-10(12)11(13)6-8/h3-4,6,9,14H,5,7H2,1-2H3. The molecule has 0 fully saturated rings. The lowest BCUT2D eigenvalue weighted by Crippen LogP contribution is -2.32. The number of halogens is 2. The molecule has 0 heterocycles. The van der Waals surface area contributed by atoms with Crippen molar-refractivity contribution in [2.75, 3.05) is 20.8 Å². The van der Waals surface area contributed by atoms with Crippen LogP contribution in [0.3, 0.4) is 0 Å². The topological polar surface area (TPSA) is 21.3 Å². The van der Waals surface area contributed by atoms with E-state index >= 15 is 0 Å². The van der Waals surface area contributed by atoms with Gasteiger partial charge in [0.05, 0.1) is 16.7 Å². The first-order chi connectivity index (χ1) is 7.17. The van der Waals surface area contributed by atoms with E-state index in [2.05, 4.69) is 5.32 Å². The van der Waals surface area contributed by atoms with Crippen LogP contribution in [0.4, 0.5) is 0 Å². The molecule has 0 radical (unpaired) electrons. The third-order valence-corrected chi connectivity index (χ3v) is 2.98. The molecule has 1 atom stereocenters. The fourth-order valence-electron chi connectivity index (χ4n) is 1.40. The van der Waals surface area contributed by atoms with Crippen molar-refractivity contribution in [3.63, 3.8) is 0 Å². The Balaban J connectivity index is 2.66. The predicted molar refractivity (Wildman–Crippen MR) is 64.9 cm³/mol. The number of hydrogen-bond acceptors (Lipinski definition) is 2. The van der Waals surface area contributed by atoms with Gasteiger partial charge in [0.2, 0.25) is 0 Å². The third-order valence-electron chi connectivity index (χ3n) is 2.24. The van der Waals surface area contributed by atoms with Gasteiger partial charge in [-0.25, -0.2) is 0 Å². The molecule has 0 bridgehead atoms. The molecule has 1 unspecified atom stereocenters. The molecule has 1 N–H and O–H groups in total. The zero-order chi connectivity index (χ0) is 11.3. The first-order valence-electron chi connectivity index (χ1n) is 4.77. The summed E-state index contributed by atoms with van der Waals surface area (Å²) < 4.78 is 5.10. The zero-order valence-electron chi connectivity index (χ0n) is 8.89. The number of benzene rings is 1. The molecule has 1 aromatic rings. The number of methoxy groups -OCH3 is 1. The van der Waals surface area contributed by atoms with Crippen molar-refractivity contribution in [1.29, 1.82) is 0 Å². The molecule has 1 aromatic carbocycles. The van der Waals surface area contributed by atoms with E-state index in [0.717, 1.165) is 12.0 Å². The molecule has 0 aliphatic rings. The van der Waals surface area contributed by atoms with Crippen molar-refractivity contribution in [2.24, 2.45) is 0 Å². The van der Waals surface area contributed by atoms with E-state index in [9.17, 15) is 0 Å². The van der Waals surface area contributed by atoms with Crippen molar-refractivity contribution in [1.82, 2.24) is 5.32 Å². The van der Waals surface area contributed by atoms with E-state index in [1.54, 1.807) is 7.11 Å². The van der Waals surface area contributed by atoms with Crippen molar-refractivity contribution in [3.05, 3.63) is 33.8 Å². The molecule has 84 valence electrons. The Kier molecular flexibility index (Phi) is 5.40. The number of ether oxygens (including phenoxy) is 1. The second-order valence-corrected chi connectivity index (χ2v) is 4.21. The normalized spacial score (nSPS) is 12.8. The van der Waals surface area contributed by atoms with Gasteiger partial charge >= 0.3 is 0 Å². The van der Waals surface area contributed by atoms with E-state index < -0.39 is 0 Å². The van der Waals surface area contributed by atoms with E-state index in [-0.39, 0.29) is 0 Å². The SMILES string of the molecule is CNC(COC)Cc1ccc(Cl)c(Cl)c1. The summed E-state index contributed by atoms with van der Waals surface area (Å²) in [6.07, 6.45) is 0.876. The van der Waals surface area contributed by atoms with Gasteiger partial charge in [-0.1, -0.05) is 29.3 Å². The van der Waals surface area contributed by atoms with E-state index in [4.69, 9.17) is 27.9 Å². The molecule has 0 aromatic heterocycles. The highest BCUT2D eigenvalue weighted by molar-refractivity contribution is 6.42. The van der Waals surface area contributed by atoms with Gasteiger partial charge in [0, 0.05) is 13.2 Å². The molecule has 4 heteroatoms. The van der Waals surface area contributed by atoms with Crippen LogP contribution in [0.5, 0.6) is 0 Å². The lowest BCUT2D eigenvalue weighted by Gasteiger charge is -2.15.